The molecule has 0 heterocycles. The van der Waals surface area contributed by atoms with Gasteiger partial charge in [0, 0.05) is 0 Å². The zero-order valence-corrected chi connectivity index (χ0v) is 7.83. The number of rotatable bonds is 3. The Kier molecular flexibility index (Phi) is 5.77. The van der Waals surface area contributed by atoms with Crippen LogP contribution in [-0.4, -0.2) is 24.4 Å². The lowest BCUT2D eigenvalue weighted by molar-refractivity contribution is -0.155. The van der Waals surface area contributed by atoms with Crippen molar-refractivity contribution in [3.63, 3.8) is 0 Å². The summed E-state index contributed by atoms with van der Waals surface area (Å²) in [5.74, 6) is -2.66. The number of esters is 1. The average molecular weight is 200 g/mol. The SMILES string of the molecule is C=CC(=O)NNC(=O)C(=O)OCCC. The molecule has 0 aromatic carbocycles. The summed E-state index contributed by atoms with van der Waals surface area (Å²) in [5, 5.41) is 0. The van der Waals surface area contributed by atoms with Gasteiger partial charge in [-0.15, -0.1) is 0 Å². The second kappa shape index (κ2) is 6.64. The second-order valence-electron chi connectivity index (χ2n) is 2.28. The van der Waals surface area contributed by atoms with Crippen LogP contribution in [0.1, 0.15) is 13.3 Å². The summed E-state index contributed by atoms with van der Waals surface area (Å²) < 4.78 is 4.49. The van der Waals surface area contributed by atoms with Gasteiger partial charge in [0.1, 0.15) is 0 Å². The molecule has 14 heavy (non-hydrogen) atoms. The number of hydrogen-bond donors (Lipinski definition) is 2. The molecule has 2 N–H and O–H groups in total. The first-order valence-corrected chi connectivity index (χ1v) is 4.01. The Hall–Kier alpha value is -1.85. The normalized spacial score (nSPS) is 8.64. The van der Waals surface area contributed by atoms with Gasteiger partial charge >= 0.3 is 11.9 Å². The minimum Gasteiger partial charge on any atom is -0.459 e. The Morgan fingerprint density at radius 1 is 1.36 bits per heavy atom. The molecule has 0 aliphatic heterocycles. The Morgan fingerprint density at radius 2 is 2.00 bits per heavy atom. The van der Waals surface area contributed by atoms with Crippen molar-refractivity contribution in [3.05, 3.63) is 12.7 Å². The first kappa shape index (κ1) is 12.2. The largest absolute Gasteiger partial charge is 0.459 e. The Labute approximate surface area is 81.3 Å². The summed E-state index contributed by atoms with van der Waals surface area (Å²) in [4.78, 5) is 32.2. The molecule has 78 valence electrons. The van der Waals surface area contributed by atoms with E-state index in [9.17, 15) is 14.4 Å². The molecule has 0 aromatic rings. The van der Waals surface area contributed by atoms with Crippen molar-refractivity contribution < 1.29 is 19.1 Å². The lowest BCUT2D eigenvalue weighted by atomic mass is 10.5. The van der Waals surface area contributed by atoms with Gasteiger partial charge in [-0.1, -0.05) is 13.5 Å². The molecule has 2 amide bonds. The summed E-state index contributed by atoms with van der Waals surface area (Å²) in [6.45, 7) is 5.12. The molecule has 0 unspecified atom stereocenters. The van der Waals surface area contributed by atoms with Crippen molar-refractivity contribution in [1.82, 2.24) is 10.9 Å². The third kappa shape index (κ3) is 4.91. The standard InChI is InChI=1S/C8H12N2O4/c1-3-5-14-8(13)7(12)10-9-6(11)4-2/h4H,2-3,5H2,1H3,(H,9,11)(H,10,12). The summed E-state index contributed by atoms with van der Waals surface area (Å²) in [7, 11) is 0. The Balaban J connectivity index is 3.78. The third-order valence-electron chi connectivity index (χ3n) is 1.11. The monoisotopic (exact) mass is 200 g/mol. The van der Waals surface area contributed by atoms with E-state index in [0.29, 0.717) is 6.42 Å². The molecule has 0 rings (SSSR count). The van der Waals surface area contributed by atoms with Crippen LogP contribution in [0.25, 0.3) is 0 Å². The fourth-order valence-corrected chi connectivity index (χ4v) is 0.481. The molecule has 6 nitrogen and oxygen atoms in total. The van der Waals surface area contributed by atoms with E-state index in [1.54, 1.807) is 6.92 Å². The third-order valence-corrected chi connectivity index (χ3v) is 1.11. The smallest absolute Gasteiger partial charge is 0.398 e. The number of carbonyl (C=O) groups excluding carboxylic acids is 3. The number of nitrogens with one attached hydrogen (secondary N) is 2. The fourth-order valence-electron chi connectivity index (χ4n) is 0.481. The van der Waals surface area contributed by atoms with Crippen LogP contribution in [0.5, 0.6) is 0 Å². The Morgan fingerprint density at radius 3 is 2.50 bits per heavy atom. The maximum atomic E-state index is 10.8. The molecule has 0 saturated heterocycles. The van der Waals surface area contributed by atoms with Gasteiger partial charge in [0.2, 0.25) is 0 Å². The second-order valence-corrected chi connectivity index (χ2v) is 2.28. The van der Waals surface area contributed by atoms with Gasteiger partial charge in [-0.3, -0.25) is 20.4 Å². The zero-order chi connectivity index (χ0) is 11.0. The minimum absolute atomic E-state index is 0.168. The van der Waals surface area contributed by atoms with Crippen LogP contribution in [0.2, 0.25) is 0 Å². The van der Waals surface area contributed by atoms with Crippen LogP contribution < -0.4 is 10.9 Å². The highest BCUT2D eigenvalue weighted by Crippen LogP contribution is 1.81. The molecule has 0 atom stereocenters. The maximum Gasteiger partial charge on any atom is 0.398 e. The predicted molar refractivity (Wildman–Crippen MR) is 47.7 cm³/mol. The van der Waals surface area contributed by atoms with E-state index in [2.05, 4.69) is 11.3 Å². The minimum atomic E-state index is -1.03. The highest BCUT2D eigenvalue weighted by Gasteiger charge is 2.14. The van der Waals surface area contributed by atoms with Crippen molar-refractivity contribution in [1.29, 1.82) is 0 Å². The molecule has 0 aromatic heterocycles. The molecular weight excluding hydrogens is 188 g/mol. The van der Waals surface area contributed by atoms with Crippen LogP contribution in [-0.2, 0) is 19.1 Å². The lowest BCUT2D eigenvalue weighted by Crippen LogP contribution is -2.44. The van der Waals surface area contributed by atoms with Gasteiger partial charge in [-0.05, 0) is 12.5 Å². The molecule has 0 radical (unpaired) electrons. The summed E-state index contributed by atoms with van der Waals surface area (Å²) in [6.07, 6.45) is 1.58. The van der Waals surface area contributed by atoms with Gasteiger partial charge in [0.05, 0.1) is 6.61 Å². The molecule has 0 spiro atoms. The molecule has 0 bridgehead atoms. The molecule has 6 heteroatoms. The number of hydrogen-bond acceptors (Lipinski definition) is 4. The van der Waals surface area contributed by atoms with Crippen molar-refractivity contribution in [2.75, 3.05) is 6.61 Å². The van der Waals surface area contributed by atoms with Crippen LogP contribution in [0.15, 0.2) is 12.7 Å². The highest BCUT2D eigenvalue weighted by atomic mass is 16.5. The number of hydrazine groups is 1. The van der Waals surface area contributed by atoms with E-state index in [0.717, 1.165) is 6.08 Å². The quantitative estimate of drug-likeness (QED) is 0.272. The van der Waals surface area contributed by atoms with Crippen molar-refractivity contribution in [2.45, 2.75) is 13.3 Å². The topological polar surface area (TPSA) is 84.5 Å². The average Bonchev–Trinajstić information content (AvgIpc) is 2.21. The molecular formula is C8H12N2O4. The number of amides is 2. The number of ether oxygens (including phenoxy) is 1. The van der Waals surface area contributed by atoms with E-state index in [4.69, 9.17) is 0 Å². The summed E-state index contributed by atoms with van der Waals surface area (Å²) >= 11 is 0. The van der Waals surface area contributed by atoms with Crippen LogP contribution >= 0.6 is 0 Å². The zero-order valence-electron chi connectivity index (χ0n) is 7.83. The van der Waals surface area contributed by atoms with Crippen molar-refractivity contribution in [3.8, 4) is 0 Å². The van der Waals surface area contributed by atoms with Gasteiger partial charge < -0.3 is 4.74 Å². The van der Waals surface area contributed by atoms with Gasteiger partial charge in [0.15, 0.2) is 0 Å². The van der Waals surface area contributed by atoms with Crippen LogP contribution in [0, 0.1) is 0 Å². The molecule has 0 fully saturated rings. The van der Waals surface area contributed by atoms with Gasteiger partial charge in [-0.2, -0.15) is 0 Å². The molecule has 0 aliphatic carbocycles. The van der Waals surface area contributed by atoms with Crippen molar-refractivity contribution in [2.24, 2.45) is 0 Å². The predicted octanol–water partition coefficient (Wildman–Crippen LogP) is -0.727. The van der Waals surface area contributed by atoms with Crippen LogP contribution in [0.4, 0.5) is 0 Å². The van der Waals surface area contributed by atoms with E-state index in [1.165, 1.54) is 0 Å². The van der Waals surface area contributed by atoms with Gasteiger partial charge in [0.25, 0.3) is 5.91 Å². The molecule has 0 aliphatic rings. The van der Waals surface area contributed by atoms with E-state index in [-0.39, 0.29) is 6.61 Å². The van der Waals surface area contributed by atoms with E-state index < -0.39 is 17.8 Å². The van der Waals surface area contributed by atoms with Crippen molar-refractivity contribution >= 4 is 17.8 Å². The molecule has 0 saturated carbocycles. The van der Waals surface area contributed by atoms with Gasteiger partial charge in [-0.25, -0.2) is 4.79 Å². The summed E-state index contributed by atoms with van der Waals surface area (Å²) in [5.41, 5.74) is 3.79. The first-order valence-electron chi connectivity index (χ1n) is 4.01. The van der Waals surface area contributed by atoms with E-state index in [1.807, 2.05) is 10.9 Å². The first-order chi connectivity index (χ1) is 6.61. The Bertz CT molecular complexity index is 250. The van der Waals surface area contributed by atoms with E-state index >= 15 is 0 Å². The fraction of sp³-hybridized carbons (Fsp3) is 0.375. The summed E-state index contributed by atoms with van der Waals surface area (Å²) in [6, 6.07) is 0. The van der Waals surface area contributed by atoms with Crippen LogP contribution in [0.3, 0.4) is 0 Å². The lowest BCUT2D eigenvalue weighted by Gasteiger charge is -2.04. The highest BCUT2D eigenvalue weighted by molar-refractivity contribution is 6.32. The number of carbonyl (C=O) groups is 3. The maximum absolute atomic E-state index is 10.8.